The van der Waals surface area contributed by atoms with Gasteiger partial charge in [-0.3, -0.25) is 0 Å². The van der Waals surface area contributed by atoms with Crippen LogP contribution in [0.5, 0.6) is 5.75 Å². The number of hydrogen-bond donors (Lipinski definition) is 0. The number of carbonyl (C=O) groups excluding carboxylic acids is 1. The fourth-order valence-electron chi connectivity index (χ4n) is 2.40. The second-order valence-corrected chi connectivity index (χ2v) is 5.61. The Morgan fingerprint density at radius 2 is 1.96 bits per heavy atom. The molecule has 0 atom stereocenters. The van der Waals surface area contributed by atoms with E-state index in [1.807, 2.05) is 24.3 Å². The van der Waals surface area contributed by atoms with E-state index in [2.05, 4.69) is 4.98 Å². The number of benzene rings is 2. The fraction of sp³-hybridized carbons (Fsp3) is 0.222. The van der Waals surface area contributed by atoms with Gasteiger partial charge >= 0.3 is 5.97 Å². The topological polar surface area (TPSA) is 62.6 Å². The highest BCUT2D eigenvalue weighted by molar-refractivity contribution is 6.31. The van der Waals surface area contributed by atoms with Crippen LogP contribution in [0.2, 0.25) is 5.02 Å². The number of halogens is 1. The van der Waals surface area contributed by atoms with Crippen LogP contribution in [0.15, 0.2) is 42.5 Å². The van der Waals surface area contributed by atoms with Crippen molar-refractivity contribution in [3.63, 3.8) is 0 Å². The van der Waals surface area contributed by atoms with Gasteiger partial charge in [-0.25, -0.2) is 9.78 Å². The summed E-state index contributed by atoms with van der Waals surface area (Å²) in [6.07, 6.45) is 0. The molecule has 1 aromatic heterocycles. The van der Waals surface area contributed by atoms with E-state index in [9.17, 15) is 4.79 Å². The number of fused-ring (bicyclic) bond motifs is 1. The minimum atomic E-state index is -0.452. The van der Waals surface area contributed by atoms with Crippen molar-refractivity contribution in [2.24, 2.45) is 0 Å². The average molecular weight is 361 g/mol. The number of nitrogens with zero attached hydrogens (tertiary/aromatic N) is 2. The number of aromatic nitrogens is 2. The van der Waals surface area contributed by atoms with Gasteiger partial charge in [0.25, 0.3) is 0 Å². The zero-order chi connectivity index (χ0) is 17.8. The normalized spacial score (nSPS) is 10.7. The number of ether oxygens (including phenoxy) is 2. The first-order valence-electron chi connectivity index (χ1n) is 7.73. The molecule has 3 rings (SSSR count). The molecule has 0 fully saturated rings. The zero-order valence-corrected chi connectivity index (χ0v) is 14.6. The van der Waals surface area contributed by atoms with Crippen molar-refractivity contribution >= 4 is 28.6 Å². The highest BCUT2D eigenvalue weighted by Gasteiger charge is 2.16. The molecule has 25 heavy (non-hydrogen) atoms. The Hall–Kier alpha value is -2.73. The Morgan fingerprint density at radius 1 is 1.20 bits per heavy atom. The number of esters is 1. The number of methoxy groups -OCH3 is 1. The van der Waals surface area contributed by atoms with Gasteiger partial charge in [0.2, 0.25) is 6.61 Å². The molecule has 0 saturated heterocycles. The predicted molar refractivity (Wildman–Crippen MR) is 94.8 cm³/mol. The highest BCUT2D eigenvalue weighted by Crippen LogP contribution is 2.27. The summed E-state index contributed by atoms with van der Waals surface area (Å²) in [7, 11) is 1.61. The maximum absolute atomic E-state index is 11.6. The summed E-state index contributed by atoms with van der Waals surface area (Å²) in [5, 5.41) is 0.551. The summed E-state index contributed by atoms with van der Waals surface area (Å²) in [5.41, 5.74) is 2.19. The van der Waals surface area contributed by atoms with Crippen molar-refractivity contribution in [1.82, 2.24) is 9.71 Å². The number of rotatable bonds is 6. The maximum Gasteiger partial charge on any atom is 0.346 e. The van der Waals surface area contributed by atoms with Crippen molar-refractivity contribution in [1.29, 1.82) is 0 Å². The molecule has 1 heterocycles. The largest absolute Gasteiger partial charge is 0.497 e. The van der Waals surface area contributed by atoms with Crippen molar-refractivity contribution in [2.45, 2.75) is 6.92 Å². The van der Waals surface area contributed by atoms with E-state index >= 15 is 0 Å². The lowest BCUT2D eigenvalue weighted by Gasteiger charge is -2.11. The number of carbonyl (C=O) groups is 1. The zero-order valence-electron chi connectivity index (χ0n) is 13.9. The molecule has 0 N–H and O–H groups in total. The lowest BCUT2D eigenvalue weighted by atomic mass is 10.2. The van der Waals surface area contributed by atoms with E-state index in [0.717, 1.165) is 11.3 Å². The van der Waals surface area contributed by atoms with Crippen molar-refractivity contribution < 1.29 is 19.1 Å². The van der Waals surface area contributed by atoms with Crippen LogP contribution in [0, 0.1) is 0 Å². The minimum absolute atomic E-state index is 0.227. The summed E-state index contributed by atoms with van der Waals surface area (Å²) >= 11 is 6.09. The van der Waals surface area contributed by atoms with Crippen LogP contribution in [-0.4, -0.2) is 36.0 Å². The fourth-order valence-corrected chi connectivity index (χ4v) is 2.57. The first-order chi connectivity index (χ1) is 12.1. The monoisotopic (exact) mass is 360 g/mol. The third-order valence-corrected chi connectivity index (χ3v) is 3.78. The molecule has 0 aliphatic carbocycles. The Labute approximate surface area is 149 Å². The van der Waals surface area contributed by atoms with Gasteiger partial charge in [-0.1, -0.05) is 11.6 Å². The van der Waals surface area contributed by atoms with Gasteiger partial charge in [0, 0.05) is 10.6 Å². The van der Waals surface area contributed by atoms with Gasteiger partial charge < -0.3 is 14.3 Å². The van der Waals surface area contributed by atoms with E-state index < -0.39 is 5.97 Å². The lowest BCUT2D eigenvalue weighted by Crippen LogP contribution is -2.22. The summed E-state index contributed by atoms with van der Waals surface area (Å²) in [5.74, 6) is 0.846. The van der Waals surface area contributed by atoms with E-state index in [-0.39, 0.29) is 6.61 Å². The van der Waals surface area contributed by atoms with E-state index in [0.29, 0.717) is 28.5 Å². The quantitative estimate of drug-likeness (QED) is 0.631. The molecule has 0 bridgehead atoms. The molecule has 2 aromatic carbocycles. The SMILES string of the molecule is CCOC(=O)COn1c(-c2ccc(OC)cc2)nc2ccc(Cl)cc21. The molecule has 0 amide bonds. The van der Waals surface area contributed by atoms with Crippen LogP contribution < -0.4 is 9.57 Å². The van der Waals surface area contributed by atoms with Gasteiger partial charge in [0.1, 0.15) is 11.3 Å². The Morgan fingerprint density at radius 3 is 2.64 bits per heavy atom. The summed E-state index contributed by atoms with van der Waals surface area (Å²) in [6.45, 7) is 1.81. The van der Waals surface area contributed by atoms with Crippen LogP contribution >= 0.6 is 11.6 Å². The predicted octanol–water partition coefficient (Wildman–Crippen LogP) is 3.36. The van der Waals surface area contributed by atoms with Crippen molar-refractivity contribution in [3.8, 4) is 17.1 Å². The van der Waals surface area contributed by atoms with Gasteiger partial charge in [-0.05, 0) is 49.4 Å². The molecule has 3 aromatic rings. The Bertz CT molecular complexity index is 890. The van der Waals surface area contributed by atoms with Crippen LogP contribution in [0.4, 0.5) is 0 Å². The average Bonchev–Trinajstić information content (AvgIpc) is 2.98. The molecule has 0 spiro atoms. The third kappa shape index (κ3) is 3.69. The van der Waals surface area contributed by atoms with Crippen molar-refractivity contribution in [3.05, 3.63) is 47.5 Å². The summed E-state index contributed by atoms with van der Waals surface area (Å²) < 4.78 is 11.6. The third-order valence-electron chi connectivity index (χ3n) is 3.54. The molecular formula is C18H17ClN2O4. The van der Waals surface area contributed by atoms with Gasteiger partial charge in [0.15, 0.2) is 5.82 Å². The van der Waals surface area contributed by atoms with Crippen LogP contribution in [0.25, 0.3) is 22.4 Å². The second kappa shape index (κ2) is 7.44. The van der Waals surface area contributed by atoms with Gasteiger partial charge in [0.05, 0.1) is 19.2 Å². The molecule has 0 radical (unpaired) electrons. The molecule has 6 nitrogen and oxygen atoms in total. The van der Waals surface area contributed by atoms with Crippen LogP contribution in [-0.2, 0) is 9.53 Å². The summed E-state index contributed by atoms with van der Waals surface area (Å²) in [4.78, 5) is 21.9. The Balaban J connectivity index is 2.03. The first-order valence-corrected chi connectivity index (χ1v) is 8.11. The van der Waals surface area contributed by atoms with E-state index in [4.69, 9.17) is 25.9 Å². The number of imidazole rings is 1. The molecule has 0 unspecified atom stereocenters. The standard InChI is InChI=1S/C18H17ClN2O4/c1-3-24-17(22)11-25-21-16-10-13(19)6-9-15(16)20-18(21)12-4-7-14(23-2)8-5-12/h4-10H,3,11H2,1-2H3. The Kier molecular flexibility index (Phi) is 5.09. The first kappa shape index (κ1) is 17.1. The molecule has 0 saturated carbocycles. The molecule has 0 aliphatic heterocycles. The smallest absolute Gasteiger partial charge is 0.346 e. The lowest BCUT2D eigenvalue weighted by molar-refractivity contribution is -0.148. The molecule has 130 valence electrons. The van der Waals surface area contributed by atoms with E-state index in [1.54, 1.807) is 32.2 Å². The molecule has 7 heteroatoms. The number of hydrogen-bond acceptors (Lipinski definition) is 5. The summed E-state index contributed by atoms with van der Waals surface area (Å²) in [6, 6.07) is 12.7. The minimum Gasteiger partial charge on any atom is -0.497 e. The van der Waals surface area contributed by atoms with Crippen molar-refractivity contribution in [2.75, 3.05) is 20.3 Å². The van der Waals surface area contributed by atoms with Gasteiger partial charge in [-0.15, -0.1) is 0 Å². The van der Waals surface area contributed by atoms with Gasteiger partial charge in [-0.2, -0.15) is 4.73 Å². The van der Waals surface area contributed by atoms with E-state index in [1.165, 1.54) is 4.73 Å². The highest BCUT2D eigenvalue weighted by atomic mass is 35.5. The molecular weight excluding hydrogens is 344 g/mol. The maximum atomic E-state index is 11.6. The van der Waals surface area contributed by atoms with Crippen LogP contribution in [0.3, 0.4) is 0 Å². The van der Waals surface area contributed by atoms with Crippen LogP contribution in [0.1, 0.15) is 6.92 Å². The molecule has 0 aliphatic rings. The second-order valence-electron chi connectivity index (χ2n) is 5.17.